The Morgan fingerprint density at radius 1 is 1.27 bits per heavy atom. The van der Waals surface area contributed by atoms with Gasteiger partial charge in [-0.15, -0.1) is 0 Å². The van der Waals surface area contributed by atoms with Crippen molar-refractivity contribution >= 4 is 47.0 Å². The molecule has 2 heterocycles. The molecule has 0 bridgehead atoms. The van der Waals surface area contributed by atoms with Crippen LogP contribution in [0, 0.1) is 11.2 Å². The van der Waals surface area contributed by atoms with E-state index in [1.165, 1.54) is 6.07 Å². The van der Waals surface area contributed by atoms with E-state index in [2.05, 4.69) is 81.0 Å². The fourth-order valence-electron chi connectivity index (χ4n) is 4.99. The van der Waals surface area contributed by atoms with Gasteiger partial charge >= 0.3 is 0 Å². The molecule has 5 N–H and O–H groups in total. The lowest BCUT2D eigenvalue weighted by molar-refractivity contribution is 0.215. The molecule has 1 aromatic carbocycles. The summed E-state index contributed by atoms with van der Waals surface area (Å²) < 4.78 is 24.4. The van der Waals surface area contributed by atoms with E-state index in [1.54, 1.807) is 16.8 Å². The number of hydrogen-bond donors (Lipinski definition) is 3. The van der Waals surface area contributed by atoms with Crippen molar-refractivity contribution in [3.8, 4) is 5.75 Å². The number of aliphatic imine (C=N–C) groups is 1. The Morgan fingerprint density at radius 3 is 2.52 bits per heavy atom. The second-order valence-corrected chi connectivity index (χ2v) is 19.1. The number of rotatable bonds is 7. The minimum atomic E-state index is -2.22. The number of nitrogens with zero attached hydrogens (tertiary/aromatic N) is 3. The van der Waals surface area contributed by atoms with Crippen LogP contribution in [0.25, 0.3) is 5.52 Å². The van der Waals surface area contributed by atoms with Gasteiger partial charge in [0.1, 0.15) is 11.6 Å². The summed E-state index contributed by atoms with van der Waals surface area (Å²) in [5.74, 6) is 0.0944. The number of nitrogens with one attached hydrogen (secondary N) is 1. The van der Waals surface area contributed by atoms with E-state index in [-0.39, 0.29) is 33.6 Å². The molecule has 1 aliphatic rings. The summed E-state index contributed by atoms with van der Waals surface area (Å²) in [7, 11) is -2.22. The molecule has 3 aromatic rings. The van der Waals surface area contributed by atoms with Crippen LogP contribution in [0.5, 0.6) is 5.75 Å². The van der Waals surface area contributed by atoms with Crippen molar-refractivity contribution in [2.75, 3.05) is 5.32 Å². The summed E-state index contributed by atoms with van der Waals surface area (Å²) in [5.41, 5.74) is 16.6. The first-order valence-electron chi connectivity index (χ1n) is 14.0. The number of halogens is 2. The van der Waals surface area contributed by atoms with Crippen molar-refractivity contribution in [1.82, 2.24) is 9.61 Å². The van der Waals surface area contributed by atoms with Crippen molar-refractivity contribution in [3.63, 3.8) is 0 Å². The van der Waals surface area contributed by atoms with E-state index in [0.717, 1.165) is 34.1 Å². The molecule has 2 aromatic heterocycles. The molecule has 40 heavy (non-hydrogen) atoms. The SMILES string of the molecule is CCc1cc(O[Si](C)(C)C(C)(C)C)c(F)cc1N=C(N)c1cnn2cc(Br)cc2c1N[C@@H]1CC[C@](C)(N)C1(C)C. The highest BCUT2D eigenvalue weighted by atomic mass is 79.9. The molecule has 0 saturated heterocycles. The molecule has 7 nitrogen and oxygen atoms in total. The molecule has 0 unspecified atom stereocenters. The number of anilines is 1. The highest BCUT2D eigenvalue weighted by molar-refractivity contribution is 9.10. The predicted molar refractivity (Wildman–Crippen MR) is 170 cm³/mol. The van der Waals surface area contributed by atoms with Crippen molar-refractivity contribution in [2.45, 2.75) is 97.4 Å². The van der Waals surface area contributed by atoms with Crippen LogP contribution in [0.3, 0.4) is 0 Å². The Bertz CT molecular complexity index is 1460. The largest absolute Gasteiger partial charge is 0.542 e. The molecule has 10 heteroatoms. The van der Waals surface area contributed by atoms with Crippen LogP contribution in [0.15, 0.2) is 40.1 Å². The van der Waals surface area contributed by atoms with Gasteiger partial charge in [-0.05, 0) is 77.9 Å². The molecule has 1 aliphatic carbocycles. The second kappa shape index (κ2) is 10.4. The molecule has 1 saturated carbocycles. The minimum absolute atomic E-state index is 0.0505. The number of nitrogens with two attached hydrogens (primary N) is 2. The molecule has 0 aliphatic heterocycles. The summed E-state index contributed by atoms with van der Waals surface area (Å²) in [6.45, 7) is 19.2. The number of hydrogen-bond acceptors (Lipinski definition) is 5. The average Bonchev–Trinajstić information content (AvgIpc) is 3.31. The third-order valence-corrected chi connectivity index (χ3v) is 14.2. The topological polar surface area (TPSA) is 103 Å². The van der Waals surface area contributed by atoms with Crippen LogP contribution in [0.2, 0.25) is 18.1 Å². The second-order valence-electron chi connectivity index (χ2n) is 13.4. The van der Waals surface area contributed by atoms with E-state index < -0.39 is 14.1 Å². The Labute approximate surface area is 247 Å². The first-order chi connectivity index (χ1) is 18.4. The number of fused-ring (bicyclic) bond motifs is 1. The van der Waals surface area contributed by atoms with Gasteiger partial charge in [0.15, 0.2) is 5.82 Å². The lowest BCUT2D eigenvalue weighted by Gasteiger charge is -2.39. The number of aryl methyl sites for hydroxylation is 1. The normalized spacial score (nSPS) is 21.7. The monoisotopic (exact) mass is 630 g/mol. The van der Waals surface area contributed by atoms with Gasteiger partial charge in [-0.3, -0.25) is 0 Å². The smallest absolute Gasteiger partial charge is 0.250 e. The molecule has 0 spiro atoms. The Balaban J connectivity index is 1.78. The average molecular weight is 632 g/mol. The molecular weight excluding hydrogens is 587 g/mol. The van der Waals surface area contributed by atoms with Crippen LogP contribution in [0.1, 0.15) is 72.4 Å². The van der Waals surface area contributed by atoms with Crippen LogP contribution in [0.4, 0.5) is 15.8 Å². The molecule has 4 rings (SSSR count). The molecule has 218 valence electrons. The third kappa shape index (κ3) is 5.54. The highest BCUT2D eigenvalue weighted by Gasteiger charge is 2.49. The van der Waals surface area contributed by atoms with E-state index in [0.29, 0.717) is 17.7 Å². The van der Waals surface area contributed by atoms with Crippen LogP contribution in [-0.2, 0) is 6.42 Å². The third-order valence-electron chi connectivity index (χ3n) is 9.42. The summed E-state index contributed by atoms with van der Waals surface area (Å²) in [5, 5.41) is 8.28. The maximum atomic E-state index is 15.4. The van der Waals surface area contributed by atoms with Crippen molar-refractivity contribution in [1.29, 1.82) is 0 Å². The van der Waals surface area contributed by atoms with Gasteiger partial charge < -0.3 is 21.2 Å². The fourth-order valence-corrected chi connectivity index (χ4v) is 6.41. The molecule has 0 amide bonds. The van der Waals surface area contributed by atoms with Gasteiger partial charge in [-0.1, -0.05) is 41.5 Å². The standard InChI is InChI=1S/C30H44BrFN6OSi/c1-10-18-13-24(39-40(8,9)28(2,3)4)21(32)15-22(18)36-27(33)20-16-35-38-17-19(31)14-23(38)26(20)37-25-11-12-30(7,34)29(25,5)6/h13-17,25,37H,10-12,34H2,1-9H3,(H2,33,36)/t25-,30+/m1/s1. The number of aromatic nitrogens is 2. The van der Waals surface area contributed by atoms with E-state index in [4.69, 9.17) is 20.9 Å². The lowest BCUT2D eigenvalue weighted by Crippen LogP contribution is -2.51. The van der Waals surface area contributed by atoms with Gasteiger partial charge in [-0.2, -0.15) is 5.10 Å². The van der Waals surface area contributed by atoms with Crippen LogP contribution >= 0.6 is 15.9 Å². The molecule has 0 radical (unpaired) electrons. The van der Waals surface area contributed by atoms with Gasteiger partial charge in [0.05, 0.1) is 28.7 Å². The predicted octanol–water partition coefficient (Wildman–Crippen LogP) is 7.54. The maximum absolute atomic E-state index is 15.4. The van der Waals surface area contributed by atoms with E-state index in [1.807, 2.05) is 19.2 Å². The summed E-state index contributed by atoms with van der Waals surface area (Å²) in [4.78, 5) is 4.75. The fraction of sp³-hybridized carbons (Fsp3) is 0.533. The van der Waals surface area contributed by atoms with Gasteiger partial charge in [-0.25, -0.2) is 13.9 Å². The maximum Gasteiger partial charge on any atom is 0.250 e. The Morgan fingerprint density at radius 2 is 1.95 bits per heavy atom. The number of amidine groups is 1. The van der Waals surface area contributed by atoms with Crippen molar-refractivity contribution in [2.24, 2.45) is 21.9 Å². The minimum Gasteiger partial charge on any atom is -0.542 e. The summed E-state index contributed by atoms with van der Waals surface area (Å²) in [6.07, 6.45) is 6.09. The summed E-state index contributed by atoms with van der Waals surface area (Å²) >= 11 is 3.57. The van der Waals surface area contributed by atoms with E-state index in [9.17, 15) is 0 Å². The first kappa shape index (κ1) is 30.5. The lowest BCUT2D eigenvalue weighted by atomic mass is 9.75. The molecule has 2 atom stereocenters. The first-order valence-corrected chi connectivity index (χ1v) is 17.7. The Hall–Kier alpha value is -2.43. The van der Waals surface area contributed by atoms with Crippen molar-refractivity contribution < 1.29 is 8.82 Å². The highest BCUT2D eigenvalue weighted by Crippen LogP contribution is 2.46. The summed E-state index contributed by atoms with van der Waals surface area (Å²) in [6, 6.07) is 5.32. The quantitative estimate of drug-likeness (QED) is 0.142. The molecule has 1 fully saturated rings. The van der Waals surface area contributed by atoms with Gasteiger partial charge in [0, 0.05) is 33.7 Å². The number of benzene rings is 1. The van der Waals surface area contributed by atoms with E-state index >= 15 is 4.39 Å². The Kier molecular flexibility index (Phi) is 7.97. The van der Waals surface area contributed by atoms with Crippen LogP contribution < -0.4 is 21.2 Å². The zero-order chi connectivity index (χ0) is 29.8. The zero-order valence-electron chi connectivity index (χ0n) is 25.2. The zero-order valence-corrected chi connectivity index (χ0v) is 27.8. The van der Waals surface area contributed by atoms with Gasteiger partial charge in [0.2, 0.25) is 0 Å². The van der Waals surface area contributed by atoms with Crippen LogP contribution in [-0.4, -0.2) is 35.3 Å². The van der Waals surface area contributed by atoms with Crippen molar-refractivity contribution in [3.05, 3.63) is 52.0 Å². The van der Waals surface area contributed by atoms with Gasteiger partial charge in [0.25, 0.3) is 8.32 Å². The molecular formula is C30H44BrFN6OSi.